The number of rotatable bonds is 2. The lowest BCUT2D eigenvalue weighted by Gasteiger charge is -2.11. The van der Waals surface area contributed by atoms with Crippen LogP contribution in [0, 0.1) is 0 Å². The van der Waals surface area contributed by atoms with Crippen LogP contribution < -0.4 is 10.6 Å². The SMILES string of the molecule is O=C(Nc1cccnc1Cl)C1CC(O)CN1. The third kappa shape index (κ3) is 2.49. The molecule has 1 aliphatic heterocycles. The molecule has 16 heavy (non-hydrogen) atoms. The summed E-state index contributed by atoms with van der Waals surface area (Å²) in [6, 6.07) is 3.00. The van der Waals surface area contributed by atoms with E-state index in [0.717, 1.165) is 0 Å². The summed E-state index contributed by atoms with van der Waals surface area (Å²) in [5, 5.41) is 15.1. The van der Waals surface area contributed by atoms with E-state index in [1.54, 1.807) is 18.3 Å². The van der Waals surface area contributed by atoms with Crippen LogP contribution in [-0.4, -0.2) is 34.7 Å². The van der Waals surface area contributed by atoms with Gasteiger partial charge in [-0.2, -0.15) is 0 Å². The number of halogens is 1. The topological polar surface area (TPSA) is 74.2 Å². The molecular weight excluding hydrogens is 230 g/mol. The number of aliphatic hydroxyl groups excluding tert-OH is 1. The Labute approximate surface area is 97.8 Å². The van der Waals surface area contributed by atoms with E-state index >= 15 is 0 Å². The Morgan fingerprint density at radius 3 is 3.12 bits per heavy atom. The molecule has 3 N–H and O–H groups in total. The quantitative estimate of drug-likeness (QED) is 0.655. The lowest BCUT2D eigenvalue weighted by Crippen LogP contribution is -2.35. The van der Waals surface area contributed by atoms with E-state index in [1.807, 2.05) is 0 Å². The summed E-state index contributed by atoms with van der Waals surface area (Å²) in [5.74, 6) is -0.202. The minimum Gasteiger partial charge on any atom is -0.392 e. The number of anilines is 1. The maximum absolute atomic E-state index is 11.7. The van der Waals surface area contributed by atoms with Crippen LogP contribution in [0.1, 0.15) is 6.42 Å². The number of nitrogens with one attached hydrogen (secondary N) is 2. The Bertz CT molecular complexity index is 399. The molecule has 2 rings (SSSR count). The summed E-state index contributed by atoms with van der Waals surface area (Å²) in [4.78, 5) is 15.6. The first-order chi connectivity index (χ1) is 7.66. The predicted octanol–water partition coefficient (Wildman–Crippen LogP) is 0.396. The molecule has 6 heteroatoms. The molecule has 2 unspecified atom stereocenters. The van der Waals surface area contributed by atoms with Crippen LogP contribution in [0.2, 0.25) is 5.15 Å². The van der Waals surface area contributed by atoms with Gasteiger partial charge < -0.3 is 15.7 Å². The third-order valence-electron chi connectivity index (χ3n) is 2.44. The maximum atomic E-state index is 11.7. The predicted molar refractivity (Wildman–Crippen MR) is 60.3 cm³/mol. The van der Waals surface area contributed by atoms with Crippen LogP contribution >= 0.6 is 11.6 Å². The highest BCUT2D eigenvalue weighted by atomic mass is 35.5. The fraction of sp³-hybridized carbons (Fsp3) is 0.400. The molecule has 0 saturated carbocycles. The van der Waals surface area contributed by atoms with Gasteiger partial charge in [0.25, 0.3) is 0 Å². The summed E-state index contributed by atoms with van der Waals surface area (Å²) < 4.78 is 0. The van der Waals surface area contributed by atoms with Crippen LogP contribution in [0.4, 0.5) is 5.69 Å². The van der Waals surface area contributed by atoms with Gasteiger partial charge in [0.05, 0.1) is 17.8 Å². The van der Waals surface area contributed by atoms with Crippen LogP contribution in [0.25, 0.3) is 0 Å². The zero-order valence-corrected chi connectivity index (χ0v) is 9.24. The molecule has 1 amide bonds. The molecule has 0 aliphatic carbocycles. The minimum atomic E-state index is -0.458. The fourth-order valence-electron chi connectivity index (χ4n) is 1.62. The highest BCUT2D eigenvalue weighted by Crippen LogP contribution is 2.18. The van der Waals surface area contributed by atoms with Crippen molar-refractivity contribution in [2.24, 2.45) is 0 Å². The maximum Gasteiger partial charge on any atom is 0.241 e. The smallest absolute Gasteiger partial charge is 0.241 e. The van der Waals surface area contributed by atoms with Gasteiger partial charge in [-0.1, -0.05) is 11.6 Å². The fourth-order valence-corrected chi connectivity index (χ4v) is 1.78. The minimum absolute atomic E-state index is 0.202. The first kappa shape index (κ1) is 11.3. The second-order valence-electron chi connectivity index (χ2n) is 3.68. The van der Waals surface area contributed by atoms with E-state index in [4.69, 9.17) is 11.6 Å². The number of nitrogens with zero attached hydrogens (tertiary/aromatic N) is 1. The van der Waals surface area contributed by atoms with Gasteiger partial charge >= 0.3 is 0 Å². The summed E-state index contributed by atoms with van der Waals surface area (Å²) in [5.41, 5.74) is 0.484. The Hall–Kier alpha value is -1.17. The molecule has 1 aromatic rings. The molecular formula is C10H12ClN3O2. The van der Waals surface area contributed by atoms with Crippen molar-refractivity contribution in [1.82, 2.24) is 10.3 Å². The Morgan fingerprint density at radius 1 is 1.69 bits per heavy atom. The number of aromatic nitrogens is 1. The Morgan fingerprint density at radius 2 is 2.50 bits per heavy atom. The van der Waals surface area contributed by atoms with Gasteiger partial charge in [0.2, 0.25) is 5.91 Å². The van der Waals surface area contributed by atoms with Crippen LogP contribution in [-0.2, 0) is 4.79 Å². The van der Waals surface area contributed by atoms with Gasteiger partial charge in [0, 0.05) is 12.7 Å². The molecule has 0 spiro atoms. The van der Waals surface area contributed by atoms with Crippen molar-refractivity contribution < 1.29 is 9.90 Å². The van der Waals surface area contributed by atoms with Gasteiger partial charge in [-0.25, -0.2) is 4.98 Å². The van der Waals surface area contributed by atoms with Crippen molar-refractivity contribution in [2.75, 3.05) is 11.9 Å². The number of carbonyl (C=O) groups excluding carboxylic acids is 1. The van der Waals surface area contributed by atoms with Crippen molar-refractivity contribution in [3.05, 3.63) is 23.5 Å². The Kier molecular flexibility index (Phi) is 3.38. The largest absolute Gasteiger partial charge is 0.392 e. The first-order valence-corrected chi connectivity index (χ1v) is 5.37. The van der Waals surface area contributed by atoms with E-state index in [0.29, 0.717) is 18.7 Å². The number of amides is 1. The lowest BCUT2D eigenvalue weighted by molar-refractivity contribution is -0.117. The normalized spacial score (nSPS) is 24.4. The lowest BCUT2D eigenvalue weighted by atomic mass is 10.2. The number of hydrogen-bond acceptors (Lipinski definition) is 4. The summed E-state index contributed by atoms with van der Waals surface area (Å²) in [7, 11) is 0. The number of carbonyl (C=O) groups is 1. The van der Waals surface area contributed by atoms with Crippen LogP contribution in [0.3, 0.4) is 0 Å². The van der Waals surface area contributed by atoms with E-state index < -0.39 is 6.10 Å². The molecule has 1 saturated heterocycles. The summed E-state index contributed by atoms with van der Waals surface area (Å²) >= 11 is 5.81. The molecule has 0 radical (unpaired) electrons. The number of hydrogen-bond donors (Lipinski definition) is 3. The second kappa shape index (κ2) is 4.78. The molecule has 0 bridgehead atoms. The van der Waals surface area contributed by atoms with Gasteiger partial charge in [-0.3, -0.25) is 4.79 Å². The molecule has 0 aromatic carbocycles. The standard InChI is InChI=1S/C10H12ClN3O2/c11-9-7(2-1-3-12-9)14-10(16)8-4-6(15)5-13-8/h1-3,6,8,13,15H,4-5H2,(H,14,16). The molecule has 1 fully saturated rings. The number of aliphatic hydroxyl groups is 1. The molecule has 86 valence electrons. The van der Waals surface area contributed by atoms with Crippen LogP contribution in [0.5, 0.6) is 0 Å². The molecule has 1 aliphatic rings. The Balaban J connectivity index is 2.00. The van der Waals surface area contributed by atoms with E-state index in [1.165, 1.54) is 0 Å². The first-order valence-electron chi connectivity index (χ1n) is 4.99. The van der Waals surface area contributed by atoms with E-state index in [2.05, 4.69) is 15.6 Å². The second-order valence-corrected chi connectivity index (χ2v) is 4.04. The highest BCUT2D eigenvalue weighted by Gasteiger charge is 2.28. The zero-order valence-electron chi connectivity index (χ0n) is 8.48. The van der Waals surface area contributed by atoms with E-state index in [9.17, 15) is 9.90 Å². The van der Waals surface area contributed by atoms with Gasteiger partial charge in [0.1, 0.15) is 0 Å². The van der Waals surface area contributed by atoms with Crippen molar-refractivity contribution in [3.8, 4) is 0 Å². The molecule has 2 heterocycles. The summed E-state index contributed by atoms with van der Waals surface area (Å²) in [6.45, 7) is 0.443. The van der Waals surface area contributed by atoms with Gasteiger partial charge in [-0.05, 0) is 18.6 Å². The molecule has 5 nitrogen and oxygen atoms in total. The molecule has 2 atom stereocenters. The van der Waals surface area contributed by atoms with Crippen molar-refractivity contribution in [3.63, 3.8) is 0 Å². The van der Waals surface area contributed by atoms with Crippen molar-refractivity contribution in [2.45, 2.75) is 18.6 Å². The average molecular weight is 242 g/mol. The number of β-amino-alcohol motifs (C(OH)–C–C–N with tert-alkyl or cyclic N) is 1. The zero-order chi connectivity index (χ0) is 11.5. The third-order valence-corrected chi connectivity index (χ3v) is 2.74. The van der Waals surface area contributed by atoms with Crippen molar-refractivity contribution >= 4 is 23.2 Å². The van der Waals surface area contributed by atoms with Crippen molar-refractivity contribution in [1.29, 1.82) is 0 Å². The average Bonchev–Trinajstić information content (AvgIpc) is 2.68. The van der Waals surface area contributed by atoms with E-state index in [-0.39, 0.29) is 17.1 Å². The molecule has 1 aromatic heterocycles. The number of pyridine rings is 1. The van der Waals surface area contributed by atoms with Gasteiger partial charge in [-0.15, -0.1) is 0 Å². The monoisotopic (exact) mass is 241 g/mol. The van der Waals surface area contributed by atoms with Crippen LogP contribution in [0.15, 0.2) is 18.3 Å². The summed E-state index contributed by atoms with van der Waals surface area (Å²) in [6.07, 6.45) is 1.51. The highest BCUT2D eigenvalue weighted by molar-refractivity contribution is 6.32. The van der Waals surface area contributed by atoms with Gasteiger partial charge in [0.15, 0.2) is 5.15 Å².